The molecule has 1 aromatic carbocycles. The van der Waals surface area contributed by atoms with Crippen molar-refractivity contribution in [3.63, 3.8) is 0 Å². The van der Waals surface area contributed by atoms with Crippen LogP contribution in [0.5, 0.6) is 0 Å². The van der Waals surface area contributed by atoms with Crippen molar-refractivity contribution in [2.45, 2.75) is 23.9 Å². The molecule has 6 rings (SSSR count). The zero-order valence-electron chi connectivity index (χ0n) is 20.3. The van der Waals surface area contributed by atoms with Crippen LogP contribution in [-0.2, 0) is 21.2 Å². The van der Waals surface area contributed by atoms with E-state index in [0.29, 0.717) is 31.7 Å². The summed E-state index contributed by atoms with van der Waals surface area (Å²) >= 11 is 0. The van der Waals surface area contributed by atoms with Crippen LogP contribution < -0.4 is 4.90 Å². The molecule has 0 N–H and O–H groups in total. The van der Waals surface area contributed by atoms with Crippen molar-refractivity contribution in [2.75, 3.05) is 44.8 Å². The fourth-order valence-electron chi connectivity index (χ4n) is 5.60. The summed E-state index contributed by atoms with van der Waals surface area (Å²) in [4.78, 5) is 6.02. The van der Waals surface area contributed by atoms with Crippen molar-refractivity contribution in [2.24, 2.45) is 5.41 Å². The third-order valence-electron chi connectivity index (χ3n) is 7.55. The van der Waals surface area contributed by atoms with E-state index in [2.05, 4.69) is 16.2 Å². The standard InChI is InChI=1S/C26H27F2N5O3S/c1-36-17-26-10-18-11-30-33(22-4-2-20(27)3-5-22)25(18)8-19(26)6-7-32(16-26)37(34,35)24-9-23(12-29-13-24)31-14-21(28)15-31/h2-5,8-9,11-13,21H,6-7,10,14-17H2,1H3. The Bertz CT molecular complexity index is 1470. The Morgan fingerprint density at radius 2 is 1.92 bits per heavy atom. The normalized spacial score (nSPS) is 22.2. The molecular formula is C26H27F2N5O3S. The number of sulfonamides is 1. The number of benzene rings is 1. The van der Waals surface area contributed by atoms with Crippen LogP contribution in [0.4, 0.5) is 14.5 Å². The van der Waals surface area contributed by atoms with Gasteiger partial charge in [-0.1, -0.05) is 5.57 Å². The van der Waals surface area contributed by atoms with Crippen LogP contribution in [-0.4, -0.2) is 73.6 Å². The van der Waals surface area contributed by atoms with Gasteiger partial charge in [-0.15, -0.1) is 0 Å². The molecule has 1 atom stereocenters. The van der Waals surface area contributed by atoms with E-state index in [0.717, 1.165) is 22.5 Å². The molecule has 3 aliphatic rings. The number of pyridine rings is 1. The molecular weight excluding hydrogens is 500 g/mol. The minimum absolute atomic E-state index is 0.105. The first kappa shape index (κ1) is 24.2. The van der Waals surface area contributed by atoms with Crippen molar-refractivity contribution in [1.29, 1.82) is 0 Å². The quantitative estimate of drug-likeness (QED) is 0.490. The maximum atomic E-state index is 13.7. The summed E-state index contributed by atoms with van der Waals surface area (Å²) in [5.74, 6) is -0.312. The zero-order valence-corrected chi connectivity index (χ0v) is 21.2. The van der Waals surface area contributed by atoms with Crippen LogP contribution in [0.3, 0.4) is 0 Å². The maximum absolute atomic E-state index is 13.7. The second-order valence-corrected chi connectivity index (χ2v) is 11.9. The number of alkyl halides is 1. The van der Waals surface area contributed by atoms with E-state index in [1.165, 1.54) is 22.6 Å². The Morgan fingerprint density at radius 1 is 1.14 bits per heavy atom. The molecule has 1 aliphatic carbocycles. The van der Waals surface area contributed by atoms with E-state index in [1.54, 1.807) is 47.3 Å². The summed E-state index contributed by atoms with van der Waals surface area (Å²) in [6.45, 7) is 1.43. The molecule has 2 aliphatic heterocycles. The molecule has 0 spiro atoms. The summed E-state index contributed by atoms with van der Waals surface area (Å²) < 4.78 is 63.1. The number of halogens is 2. The van der Waals surface area contributed by atoms with E-state index in [-0.39, 0.29) is 30.3 Å². The molecule has 8 nitrogen and oxygen atoms in total. The van der Waals surface area contributed by atoms with E-state index < -0.39 is 21.6 Å². The predicted molar refractivity (Wildman–Crippen MR) is 134 cm³/mol. The fraction of sp³-hybridized carbons (Fsp3) is 0.385. The highest BCUT2D eigenvalue weighted by Crippen LogP contribution is 2.45. The fourth-order valence-corrected chi connectivity index (χ4v) is 7.11. The number of rotatable bonds is 6. The first-order valence-electron chi connectivity index (χ1n) is 12.2. The van der Waals surface area contributed by atoms with Crippen molar-refractivity contribution < 1.29 is 21.9 Å². The van der Waals surface area contributed by atoms with Crippen LogP contribution in [0.2, 0.25) is 0 Å². The van der Waals surface area contributed by atoms with E-state index in [9.17, 15) is 17.2 Å². The Hall–Kier alpha value is -3.15. The van der Waals surface area contributed by atoms with Crippen LogP contribution in [0.25, 0.3) is 11.8 Å². The summed E-state index contributed by atoms with van der Waals surface area (Å²) in [6.07, 6.45) is 7.00. The minimum Gasteiger partial charge on any atom is -0.384 e. The highest BCUT2D eigenvalue weighted by molar-refractivity contribution is 7.89. The van der Waals surface area contributed by atoms with Crippen LogP contribution >= 0.6 is 0 Å². The number of hydrogen-bond acceptors (Lipinski definition) is 6. The highest BCUT2D eigenvalue weighted by Gasteiger charge is 2.46. The van der Waals surface area contributed by atoms with Crippen LogP contribution in [0, 0.1) is 11.2 Å². The van der Waals surface area contributed by atoms with Gasteiger partial charge in [-0.3, -0.25) is 4.98 Å². The third-order valence-corrected chi connectivity index (χ3v) is 9.36. The van der Waals surface area contributed by atoms with Gasteiger partial charge < -0.3 is 9.64 Å². The van der Waals surface area contributed by atoms with Gasteiger partial charge in [-0.2, -0.15) is 9.40 Å². The lowest BCUT2D eigenvalue weighted by Crippen LogP contribution is -2.51. The average Bonchev–Trinajstić information content (AvgIpc) is 3.27. The molecule has 1 unspecified atom stereocenters. The molecule has 2 fully saturated rings. The number of aromatic nitrogens is 3. The smallest absolute Gasteiger partial charge is 0.244 e. The number of hydrogen-bond donors (Lipinski definition) is 0. The summed E-state index contributed by atoms with van der Waals surface area (Å²) in [7, 11) is -2.21. The van der Waals surface area contributed by atoms with Gasteiger partial charge in [0.2, 0.25) is 10.0 Å². The Balaban J connectivity index is 1.31. The van der Waals surface area contributed by atoms with Gasteiger partial charge in [0.1, 0.15) is 16.9 Å². The van der Waals surface area contributed by atoms with E-state index in [4.69, 9.17) is 4.74 Å². The Labute approximate surface area is 214 Å². The van der Waals surface area contributed by atoms with Crippen molar-refractivity contribution in [3.8, 4) is 5.69 Å². The number of methoxy groups -OCH3 is 1. The predicted octanol–water partition coefficient (Wildman–Crippen LogP) is 3.23. The Kier molecular flexibility index (Phi) is 5.89. The SMILES string of the molecule is COCC12Cc3cnn(-c4ccc(F)cc4)c3C=C1CCN(S(=O)(=O)c1cncc(N3CC(F)C3)c1)C2. The van der Waals surface area contributed by atoms with E-state index in [1.807, 2.05) is 0 Å². The molecule has 11 heteroatoms. The zero-order chi connectivity index (χ0) is 25.8. The first-order chi connectivity index (χ1) is 17.8. The molecule has 0 radical (unpaired) electrons. The lowest BCUT2D eigenvalue weighted by Gasteiger charge is -2.45. The molecule has 0 bridgehead atoms. The van der Waals surface area contributed by atoms with Gasteiger partial charge in [-0.05, 0) is 54.8 Å². The van der Waals surface area contributed by atoms with Gasteiger partial charge in [0, 0.05) is 31.8 Å². The van der Waals surface area contributed by atoms with Crippen molar-refractivity contribution >= 4 is 21.8 Å². The number of fused-ring (bicyclic) bond motifs is 2. The number of ether oxygens (including phenoxy) is 1. The largest absolute Gasteiger partial charge is 0.384 e. The van der Waals surface area contributed by atoms with Crippen LogP contribution in [0.1, 0.15) is 17.7 Å². The minimum atomic E-state index is -3.83. The number of piperidine rings is 1. The molecule has 3 aromatic rings. The molecule has 194 valence electrons. The monoisotopic (exact) mass is 527 g/mol. The molecule has 4 heterocycles. The van der Waals surface area contributed by atoms with Gasteiger partial charge in [0.05, 0.1) is 49.2 Å². The second kappa shape index (κ2) is 9.00. The molecule has 0 saturated carbocycles. The van der Waals surface area contributed by atoms with Gasteiger partial charge in [0.15, 0.2) is 0 Å². The summed E-state index contributed by atoms with van der Waals surface area (Å²) in [5, 5.41) is 4.54. The number of anilines is 1. The maximum Gasteiger partial charge on any atom is 0.244 e. The van der Waals surface area contributed by atoms with Crippen LogP contribution in [0.15, 0.2) is 59.4 Å². The number of nitrogens with zero attached hydrogens (tertiary/aromatic N) is 5. The third kappa shape index (κ3) is 4.14. The summed E-state index contributed by atoms with van der Waals surface area (Å²) in [5.41, 5.74) is 3.84. The molecule has 2 aromatic heterocycles. The lowest BCUT2D eigenvalue weighted by atomic mass is 9.69. The first-order valence-corrected chi connectivity index (χ1v) is 13.6. The van der Waals surface area contributed by atoms with Gasteiger partial charge in [-0.25, -0.2) is 21.9 Å². The summed E-state index contributed by atoms with van der Waals surface area (Å²) in [6, 6.07) is 7.75. The molecule has 37 heavy (non-hydrogen) atoms. The Morgan fingerprint density at radius 3 is 2.65 bits per heavy atom. The lowest BCUT2D eigenvalue weighted by molar-refractivity contribution is 0.0733. The molecule has 2 saturated heterocycles. The highest BCUT2D eigenvalue weighted by atomic mass is 32.2. The van der Waals surface area contributed by atoms with E-state index >= 15 is 0 Å². The topological polar surface area (TPSA) is 80.6 Å². The average molecular weight is 528 g/mol. The van der Waals surface area contributed by atoms with Gasteiger partial charge in [0.25, 0.3) is 0 Å². The van der Waals surface area contributed by atoms with Gasteiger partial charge >= 0.3 is 0 Å². The van der Waals surface area contributed by atoms with Crippen molar-refractivity contribution in [3.05, 3.63) is 71.6 Å². The molecule has 0 amide bonds. The second-order valence-electron chi connectivity index (χ2n) is 9.97. The van der Waals surface area contributed by atoms with Crippen molar-refractivity contribution in [1.82, 2.24) is 19.1 Å².